The molecule has 4 rings (SSSR count). The molecule has 2 aromatic heterocycles. The van der Waals surface area contributed by atoms with E-state index in [1.54, 1.807) is 6.07 Å². The summed E-state index contributed by atoms with van der Waals surface area (Å²) in [4.78, 5) is 34.3. The number of hydrogen-bond donors (Lipinski definition) is 1. The van der Waals surface area contributed by atoms with Crippen molar-refractivity contribution in [3.05, 3.63) is 47.8 Å². The second kappa shape index (κ2) is 10.4. The van der Waals surface area contributed by atoms with Crippen molar-refractivity contribution in [2.24, 2.45) is 0 Å². The van der Waals surface area contributed by atoms with E-state index in [4.69, 9.17) is 4.98 Å². The van der Waals surface area contributed by atoms with E-state index in [9.17, 15) is 9.59 Å². The van der Waals surface area contributed by atoms with Crippen LogP contribution < -0.4 is 5.32 Å². The molecule has 3 aromatic rings. The summed E-state index contributed by atoms with van der Waals surface area (Å²) in [5, 5.41) is 10.5. The SMILES string of the molecule is Cc1cccc2nc(NC(=O)c3ccnnc3)n(C3CCCCN(C(=O)C#CCN(C)C)C3)c12. The molecule has 1 unspecified atom stereocenters. The first kappa shape index (κ1) is 23.4. The quantitative estimate of drug-likeness (QED) is 0.603. The average molecular weight is 460 g/mol. The number of nitrogens with zero attached hydrogens (tertiary/aromatic N) is 6. The van der Waals surface area contributed by atoms with Crippen LogP contribution in [-0.2, 0) is 4.79 Å². The minimum absolute atomic E-state index is 0.0425. The molecule has 1 N–H and O–H groups in total. The third-order valence-electron chi connectivity index (χ3n) is 5.87. The summed E-state index contributed by atoms with van der Waals surface area (Å²) in [5.41, 5.74) is 3.22. The molecule has 1 aliphatic rings. The summed E-state index contributed by atoms with van der Waals surface area (Å²) < 4.78 is 2.08. The number of benzene rings is 1. The van der Waals surface area contributed by atoms with E-state index in [0.29, 0.717) is 31.1 Å². The standard InChI is InChI=1S/C25H29N7O2/c1-18-8-6-10-21-23(18)32(25(28-21)29-24(34)19-12-13-26-27-16-19)20-9-4-5-15-31(17-20)22(33)11-7-14-30(2)3/h6,8,10,12-13,16,20H,4-5,9,14-15,17H2,1-3H3,(H,28,29,34). The van der Waals surface area contributed by atoms with Crippen LogP contribution in [0.1, 0.15) is 41.2 Å². The fourth-order valence-electron chi connectivity index (χ4n) is 4.23. The van der Waals surface area contributed by atoms with Crippen molar-refractivity contribution in [2.45, 2.75) is 32.2 Å². The van der Waals surface area contributed by atoms with E-state index in [-0.39, 0.29) is 17.9 Å². The van der Waals surface area contributed by atoms with E-state index < -0.39 is 0 Å². The molecule has 0 bridgehead atoms. The van der Waals surface area contributed by atoms with Gasteiger partial charge in [-0.05, 0) is 63.9 Å². The smallest absolute Gasteiger partial charge is 0.298 e. The Bertz CT molecular complexity index is 1240. The summed E-state index contributed by atoms with van der Waals surface area (Å²) in [5.74, 6) is 5.72. The lowest BCUT2D eigenvalue weighted by Gasteiger charge is -2.26. The summed E-state index contributed by atoms with van der Waals surface area (Å²) in [6, 6.07) is 7.49. The van der Waals surface area contributed by atoms with Crippen molar-refractivity contribution in [2.75, 3.05) is 39.0 Å². The number of rotatable bonds is 4. The number of carbonyl (C=O) groups excluding carboxylic acids is 2. The Labute approximate surface area is 199 Å². The molecule has 1 fully saturated rings. The van der Waals surface area contributed by atoms with Gasteiger partial charge in [0.25, 0.3) is 11.8 Å². The molecule has 1 aliphatic heterocycles. The highest BCUT2D eigenvalue weighted by Gasteiger charge is 2.27. The molecule has 3 heterocycles. The lowest BCUT2D eigenvalue weighted by molar-refractivity contribution is -0.125. The molecule has 9 heteroatoms. The monoisotopic (exact) mass is 459 g/mol. The Hall–Kier alpha value is -3.77. The fraction of sp³-hybridized carbons (Fsp3) is 0.400. The van der Waals surface area contributed by atoms with Crippen molar-refractivity contribution in [3.8, 4) is 11.8 Å². The Morgan fingerprint density at radius 2 is 2.06 bits per heavy atom. The maximum Gasteiger partial charge on any atom is 0.298 e. The van der Waals surface area contributed by atoms with Crippen molar-refractivity contribution in [1.82, 2.24) is 29.5 Å². The van der Waals surface area contributed by atoms with Crippen LogP contribution >= 0.6 is 0 Å². The molecule has 0 saturated carbocycles. The van der Waals surface area contributed by atoms with Gasteiger partial charge in [0.1, 0.15) is 0 Å². The van der Waals surface area contributed by atoms with E-state index >= 15 is 0 Å². The van der Waals surface area contributed by atoms with Gasteiger partial charge in [0.2, 0.25) is 5.95 Å². The number of carbonyl (C=O) groups is 2. The molecule has 0 spiro atoms. The maximum atomic E-state index is 12.9. The Morgan fingerprint density at radius 1 is 1.21 bits per heavy atom. The van der Waals surface area contributed by atoms with Crippen molar-refractivity contribution < 1.29 is 9.59 Å². The molecule has 9 nitrogen and oxygen atoms in total. The molecule has 1 saturated heterocycles. The van der Waals surface area contributed by atoms with Crippen LogP contribution in [0.5, 0.6) is 0 Å². The van der Waals surface area contributed by atoms with Gasteiger partial charge in [-0.25, -0.2) is 4.98 Å². The van der Waals surface area contributed by atoms with Crippen LogP contribution in [-0.4, -0.2) is 75.1 Å². The molecular formula is C25H29N7O2. The largest absolute Gasteiger partial charge is 0.330 e. The van der Waals surface area contributed by atoms with Gasteiger partial charge in [0, 0.05) is 13.1 Å². The summed E-state index contributed by atoms with van der Waals surface area (Å²) in [6.45, 7) is 3.75. The second-order valence-electron chi connectivity index (χ2n) is 8.77. The van der Waals surface area contributed by atoms with E-state index in [2.05, 4.69) is 31.9 Å². The van der Waals surface area contributed by atoms with E-state index in [0.717, 1.165) is 35.9 Å². The molecule has 1 atom stereocenters. The number of para-hydroxylation sites is 1. The number of anilines is 1. The van der Waals surface area contributed by atoms with Crippen LogP contribution in [0, 0.1) is 18.8 Å². The Kier molecular flexibility index (Phi) is 7.18. The number of fused-ring (bicyclic) bond motifs is 1. The predicted molar refractivity (Wildman–Crippen MR) is 130 cm³/mol. The first-order chi connectivity index (χ1) is 16.4. The van der Waals surface area contributed by atoms with Crippen LogP contribution in [0.2, 0.25) is 0 Å². The van der Waals surface area contributed by atoms with Gasteiger partial charge in [-0.15, -0.1) is 0 Å². The van der Waals surface area contributed by atoms with Crippen molar-refractivity contribution in [3.63, 3.8) is 0 Å². The normalized spacial score (nSPS) is 16.1. The number of aryl methyl sites for hydroxylation is 1. The van der Waals surface area contributed by atoms with Gasteiger partial charge in [-0.1, -0.05) is 18.1 Å². The Balaban J connectivity index is 1.68. The number of amides is 2. The van der Waals surface area contributed by atoms with Crippen molar-refractivity contribution >= 4 is 28.8 Å². The Morgan fingerprint density at radius 3 is 2.82 bits per heavy atom. The van der Waals surface area contributed by atoms with Gasteiger partial charge in [-0.2, -0.15) is 10.2 Å². The molecule has 176 valence electrons. The summed E-state index contributed by atoms with van der Waals surface area (Å²) >= 11 is 0. The number of likely N-dealkylation sites (tertiary alicyclic amines) is 1. The van der Waals surface area contributed by atoms with Gasteiger partial charge in [0.05, 0.1) is 41.6 Å². The summed E-state index contributed by atoms with van der Waals surface area (Å²) in [7, 11) is 3.84. The molecule has 0 radical (unpaired) electrons. The van der Waals surface area contributed by atoms with Gasteiger partial charge < -0.3 is 9.47 Å². The third kappa shape index (κ3) is 5.24. The number of hydrogen-bond acceptors (Lipinski definition) is 6. The topological polar surface area (TPSA) is 96.3 Å². The number of imidazole rings is 1. The zero-order valence-corrected chi connectivity index (χ0v) is 19.8. The van der Waals surface area contributed by atoms with Gasteiger partial charge in [-0.3, -0.25) is 19.8 Å². The van der Waals surface area contributed by atoms with Crippen LogP contribution in [0.25, 0.3) is 11.0 Å². The highest BCUT2D eigenvalue weighted by Crippen LogP contribution is 2.32. The summed E-state index contributed by atoms with van der Waals surface area (Å²) in [6.07, 6.45) is 5.65. The third-order valence-corrected chi connectivity index (χ3v) is 5.87. The first-order valence-corrected chi connectivity index (χ1v) is 11.4. The van der Waals surface area contributed by atoms with E-state index in [1.807, 2.05) is 49.0 Å². The lowest BCUT2D eigenvalue weighted by Crippen LogP contribution is -2.35. The zero-order valence-electron chi connectivity index (χ0n) is 19.8. The van der Waals surface area contributed by atoms with Crippen LogP contribution in [0.3, 0.4) is 0 Å². The van der Waals surface area contributed by atoms with Crippen LogP contribution in [0.4, 0.5) is 5.95 Å². The number of aromatic nitrogens is 4. The predicted octanol–water partition coefficient (Wildman–Crippen LogP) is 2.51. The molecular weight excluding hydrogens is 430 g/mol. The highest BCUT2D eigenvalue weighted by molar-refractivity contribution is 6.04. The minimum Gasteiger partial charge on any atom is -0.330 e. The molecule has 0 aliphatic carbocycles. The minimum atomic E-state index is -0.305. The molecule has 1 aromatic carbocycles. The van der Waals surface area contributed by atoms with Gasteiger partial charge >= 0.3 is 0 Å². The fourth-order valence-corrected chi connectivity index (χ4v) is 4.23. The van der Waals surface area contributed by atoms with E-state index in [1.165, 1.54) is 12.4 Å². The van der Waals surface area contributed by atoms with Crippen molar-refractivity contribution in [1.29, 1.82) is 0 Å². The average Bonchev–Trinajstić information content (AvgIpc) is 3.01. The maximum absolute atomic E-state index is 12.9. The molecule has 2 amide bonds. The number of nitrogens with one attached hydrogen (secondary N) is 1. The lowest BCUT2D eigenvalue weighted by atomic mass is 10.1. The molecule has 34 heavy (non-hydrogen) atoms. The van der Waals surface area contributed by atoms with Gasteiger partial charge in [0.15, 0.2) is 0 Å². The van der Waals surface area contributed by atoms with Crippen LogP contribution in [0.15, 0.2) is 36.7 Å². The first-order valence-electron chi connectivity index (χ1n) is 11.4. The second-order valence-corrected chi connectivity index (χ2v) is 8.77. The highest BCUT2D eigenvalue weighted by atomic mass is 16.2. The zero-order chi connectivity index (χ0) is 24.1.